The summed E-state index contributed by atoms with van der Waals surface area (Å²) < 4.78 is 1.64. The fraction of sp³-hybridized carbons (Fsp3) is 0.333. The number of rotatable bonds is 4. The molecule has 1 aromatic heterocycles. The third-order valence-corrected chi connectivity index (χ3v) is 2.85. The van der Waals surface area contributed by atoms with E-state index in [9.17, 15) is 5.11 Å². The molecule has 5 heteroatoms. The van der Waals surface area contributed by atoms with Crippen LogP contribution in [-0.4, -0.2) is 26.7 Å². The molecule has 0 spiro atoms. The Morgan fingerprint density at radius 1 is 1.35 bits per heavy atom. The summed E-state index contributed by atoms with van der Waals surface area (Å²) in [4.78, 5) is 0. The van der Waals surface area contributed by atoms with Crippen LogP contribution < -0.4 is 5.32 Å². The van der Waals surface area contributed by atoms with Gasteiger partial charge in [-0.1, -0.05) is 35.5 Å². The number of aryl methyl sites for hydroxylation is 1. The molecule has 0 radical (unpaired) electrons. The first kappa shape index (κ1) is 11.6. The molecule has 5 nitrogen and oxygen atoms in total. The van der Waals surface area contributed by atoms with Crippen LogP contribution in [0, 0.1) is 0 Å². The van der Waals surface area contributed by atoms with Crippen molar-refractivity contribution in [2.75, 3.05) is 11.9 Å². The summed E-state index contributed by atoms with van der Waals surface area (Å²) in [5.41, 5.74) is 0.472. The minimum atomic E-state index is -0.545. The number of anilines is 1. The van der Waals surface area contributed by atoms with Crippen LogP contribution in [0.4, 0.5) is 5.82 Å². The second-order valence-electron chi connectivity index (χ2n) is 4.22. The molecule has 1 unspecified atom stereocenters. The fourth-order valence-electron chi connectivity index (χ4n) is 1.69. The molecule has 1 aromatic carbocycles. The highest BCUT2D eigenvalue weighted by molar-refractivity contribution is 5.40. The minimum Gasteiger partial charge on any atom is -0.394 e. The molecule has 0 saturated heterocycles. The van der Waals surface area contributed by atoms with Crippen molar-refractivity contribution in [3.8, 4) is 0 Å². The molecule has 2 aromatic rings. The third-order valence-electron chi connectivity index (χ3n) is 2.85. The molecule has 1 heterocycles. The third kappa shape index (κ3) is 2.29. The maximum absolute atomic E-state index is 9.62. The van der Waals surface area contributed by atoms with Crippen molar-refractivity contribution < 1.29 is 5.11 Å². The summed E-state index contributed by atoms with van der Waals surface area (Å²) in [6.45, 7) is 1.93. The van der Waals surface area contributed by atoms with E-state index in [1.165, 1.54) is 0 Å². The van der Waals surface area contributed by atoms with E-state index in [1.54, 1.807) is 17.9 Å². The lowest BCUT2D eigenvalue weighted by Gasteiger charge is -2.29. The molecule has 2 rings (SSSR count). The van der Waals surface area contributed by atoms with E-state index in [1.807, 2.05) is 37.3 Å². The molecule has 2 N–H and O–H groups in total. The number of aromatic nitrogens is 3. The van der Waals surface area contributed by atoms with Gasteiger partial charge in [0.1, 0.15) is 5.82 Å². The van der Waals surface area contributed by atoms with Crippen LogP contribution in [0.3, 0.4) is 0 Å². The van der Waals surface area contributed by atoms with E-state index >= 15 is 0 Å². The van der Waals surface area contributed by atoms with Gasteiger partial charge in [0, 0.05) is 7.05 Å². The topological polar surface area (TPSA) is 63.0 Å². The summed E-state index contributed by atoms with van der Waals surface area (Å²) in [5.74, 6) is 0.769. The van der Waals surface area contributed by atoms with E-state index in [4.69, 9.17) is 0 Å². The van der Waals surface area contributed by atoms with E-state index in [0.29, 0.717) is 0 Å². The number of aliphatic hydroxyl groups is 1. The minimum absolute atomic E-state index is 0.0117. The zero-order chi connectivity index (χ0) is 12.3. The van der Waals surface area contributed by atoms with Crippen molar-refractivity contribution in [1.82, 2.24) is 15.0 Å². The van der Waals surface area contributed by atoms with Crippen LogP contribution >= 0.6 is 0 Å². The lowest BCUT2D eigenvalue weighted by molar-refractivity contribution is 0.223. The monoisotopic (exact) mass is 232 g/mol. The number of aliphatic hydroxyl groups excluding tert-OH is 1. The van der Waals surface area contributed by atoms with Crippen LogP contribution in [0.15, 0.2) is 36.5 Å². The number of hydrogen-bond donors (Lipinski definition) is 2. The zero-order valence-electron chi connectivity index (χ0n) is 9.96. The Morgan fingerprint density at radius 3 is 2.59 bits per heavy atom. The fourth-order valence-corrected chi connectivity index (χ4v) is 1.69. The Labute approximate surface area is 100 Å². The first-order valence-electron chi connectivity index (χ1n) is 5.45. The molecule has 0 fully saturated rings. The number of hydrogen-bond acceptors (Lipinski definition) is 4. The van der Waals surface area contributed by atoms with Gasteiger partial charge in [-0.25, -0.2) is 4.68 Å². The molecule has 0 aliphatic heterocycles. The molecule has 0 aliphatic carbocycles. The average Bonchev–Trinajstić information content (AvgIpc) is 2.76. The SMILES string of the molecule is Cn1nncc1NC(C)(CO)c1ccccc1. The summed E-state index contributed by atoms with van der Waals surface area (Å²) in [6.07, 6.45) is 1.64. The molecule has 17 heavy (non-hydrogen) atoms. The molecule has 0 amide bonds. The van der Waals surface area contributed by atoms with Crippen LogP contribution in [0.2, 0.25) is 0 Å². The van der Waals surface area contributed by atoms with Gasteiger partial charge in [0.2, 0.25) is 0 Å². The van der Waals surface area contributed by atoms with Crippen LogP contribution in [0.25, 0.3) is 0 Å². The quantitative estimate of drug-likeness (QED) is 0.829. The van der Waals surface area contributed by atoms with Gasteiger partial charge in [-0.3, -0.25) is 0 Å². The summed E-state index contributed by atoms with van der Waals surface area (Å²) in [5, 5.41) is 20.5. The maximum Gasteiger partial charge on any atom is 0.145 e. The first-order chi connectivity index (χ1) is 8.15. The molecular formula is C12H16N4O. The van der Waals surface area contributed by atoms with E-state index < -0.39 is 5.54 Å². The van der Waals surface area contributed by atoms with Crippen molar-refractivity contribution >= 4 is 5.82 Å². The van der Waals surface area contributed by atoms with Crippen molar-refractivity contribution in [2.24, 2.45) is 7.05 Å². The number of nitrogens with one attached hydrogen (secondary N) is 1. The van der Waals surface area contributed by atoms with Crippen LogP contribution in [0.1, 0.15) is 12.5 Å². The van der Waals surface area contributed by atoms with Gasteiger partial charge in [0.15, 0.2) is 0 Å². The standard InChI is InChI=1S/C12H16N4O/c1-12(9-17,10-6-4-3-5-7-10)14-11-8-13-15-16(11)2/h3-8,14,17H,9H2,1-2H3. The molecular weight excluding hydrogens is 216 g/mol. The number of benzene rings is 1. The second kappa shape index (κ2) is 4.55. The van der Waals surface area contributed by atoms with Gasteiger partial charge >= 0.3 is 0 Å². The Balaban J connectivity index is 2.30. The van der Waals surface area contributed by atoms with Crippen molar-refractivity contribution in [3.63, 3.8) is 0 Å². The van der Waals surface area contributed by atoms with Crippen molar-refractivity contribution in [1.29, 1.82) is 0 Å². The largest absolute Gasteiger partial charge is 0.394 e. The van der Waals surface area contributed by atoms with Gasteiger partial charge in [-0.15, -0.1) is 5.10 Å². The van der Waals surface area contributed by atoms with Gasteiger partial charge in [-0.05, 0) is 12.5 Å². The average molecular weight is 232 g/mol. The Kier molecular flexibility index (Phi) is 3.10. The van der Waals surface area contributed by atoms with Gasteiger partial charge in [0.05, 0.1) is 18.3 Å². The zero-order valence-corrected chi connectivity index (χ0v) is 9.96. The smallest absolute Gasteiger partial charge is 0.145 e. The predicted octanol–water partition coefficient (Wildman–Crippen LogP) is 1.13. The summed E-state index contributed by atoms with van der Waals surface area (Å²) in [6, 6.07) is 9.81. The normalized spacial score (nSPS) is 14.3. The van der Waals surface area contributed by atoms with Crippen LogP contribution in [0.5, 0.6) is 0 Å². The highest BCUT2D eigenvalue weighted by Gasteiger charge is 2.26. The van der Waals surface area contributed by atoms with Gasteiger partial charge in [-0.2, -0.15) is 0 Å². The lowest BCUT2D eigenvalue weighted by Crippen LogP contribution is -2.36. The molecule has 0 saturated carbocycles. The maximum atomic E-state index is 9.62. The highest BCUT2D eigenvalue weighted by atomic mass is 16.3. The van der Waals surface area contributed by atoms with E-state index in [0.717, 1.165) is 11.4 Å². The van der Waals surface area contributed by atoms with Crippen molar-refractivity contribution in [3.05, 3.63) is 42.1 Å². The van der Waals surface area contributed by atoms with Gasteiger partial charge < -0.3 is 10.4 Å². The Hall–Kier alpha value is -1.88. The molecule has 1 atom stereocenters. The summed E-state index contributed by atoms with van der Waals surface area (Å²) in [7, 11) is 1.80. The molecule has 0 bridgehead atoms. The summed E-state index contributed by atoms with van der Waals surface area (Å²) >= 11 is 0. The van der Waals surface area contributed by atoms with E-state index in [2.05, 4.69) is 15.6 Å². The highest BCUT2D eigenvalue weighted by Crippen LogP contribution is 2.24. The second-order valence-corrected chi connectivity index (χ2v) is 4.22. The van der Waals surface area contributed by atoms with Crippen molar-refractivity contribution in [2.45, 2.75) is 12.5 Å². The van der Waals surface area contributed by atoms with E-state index in [-0.39, 0.29) is 6.61 Å². The Bertz CT molecular complexity index is 482. The van der Waals surface area contributed by atoms with Gasteiger partial charge in [0.25, 0.3) is 0 Å². The Morgan fingerprint density at radius 2 is 2.06 bits per heavy atom. The molecule has 0 aliphatic rings. The van der Waals surface area contributed by atoms with Crippen LogP contribution in [-0.2, 0) is 12.6 Å². The molecule has 90 valence electrons. The lowest BCUT2D eigenvalue weighted by atomic mass is 9.93. The number of nitrogens with zero attached hydrogens (tertiary/aromatic N) is 3. The predicted molar refractivity (Wildman–Crippen MR) is 65.5 cm³/mol. The first-order valence-corrected chi connectivity index (χ1v) is 5.45.